The summed E-state index contributed by atoms with van der Waals surface area (Å²) in [6, 6.07) is 0.196. The van der Waals surface area contributed by atoms with E-state index in [1.54, 1.807) is 17.4 Å². The Kier molecular flexibility index (Phi) is 4.79. The predicted octanol–water partition coefficient (Wildman–Crippen LogP) is 1.59. The maximum Gasteiger partial charge on any atom is 0.410 e. The van der Waals surface area contributed by atoms with Crippen LogP contribution in [0.15, 0.2) is 31.4 Å². The monoisotopic (exact) mass is 279 g/mol. The Morgan fingerprint density at radius 3 is 3.15 bits per heavy atom. The normalized spacial score (nSPS) is 23.6. The van der Waals surface area contributed by atoms with Crippen molar-refractivity contribution in [3.63, 3.8) is 0 Å². The van der Waals surface area contributed by atoms with E-state index in [-0.39, 0.29) is 24.8 Å². The number of aliphatic hydroxyl groups excluding tert-OH is 1. The van der Waals surface area contributed by atoms with Gasteiger partial charge >= 0.3 is 6.09 Å². The van der Waals surface area contributed by atoms with Gasteiger partial charge in [0, 0.05) is 24.5 Å². The van der Waals surface area contributed by atoms with Crippen LogP contribution in [0.2, 0.25) is 0 Å². The summed E-state index contributed by atoms with van der Waals surface area (Å²) in [4.78, 5) is 17.6. The van der Waals surface area contributed by atoms with Gasteiger partial charge in [0.1, 0.15) is 6.61 Å². The second kappa shape index (κ2) is 6.56. The van der Waals surface area contributed by atoms with E-state index in [9.17, 15) is 9.90 Å². The summed E-state index contributed by atoms with van der Waals surface area (Å²) in [5.41, 5.74) is 0. The molecule has 3 atom stereocenters. The van der Waals surface area contributed by atoms with E-state index in [0.717, 1.165) is 6.42 Å². The van der Waals surface area contributed by atoms with Gasteiger partial charge in [-0.15, -0.1) is 0 Å². The number of aromatic nitrogens is 2. The molecule has 1 aromatic heterocycles. The van der Waals surface area contributed by atoms with Gasteiger partial charge in [0.05, 0.1) is 19.0 Å². The van der Waals surface area contributed by atoms with Gasteiger partial charge in [0.2, 0.25) is 0 Å². The zero-order valence-corrected chi connectivity index (χ0v) is 11.7. The number of hydrogen-bond donors (Lipinski definition) is 1. The van der Waals surface area contributed by atoms with Crippen molar-refractivity contribution in [1.82, 2.24) is 14.5 Å². The fourth-order valence-corrected chi connectivity index (χ4v) is 2.60. The van der Waals surface area contributed by atoms with E-state index >= 15 is 0 Å². The molecule has 0 radical (unpaired) electrons. The molecule has 20 heavy (non-hydrogen) atoms. The van der Waals surface area contributed by atoms with E-state index in [0.29, 0.717) is 13.0 Å². The predicted molar refractivity (Wildman–Crippen MR) is 74.2 cm³/mol. The van der Waals surface area contributed by atoms with Crippen LogP contribution in [-0.2, 0) is 4.74 Å². The molecule has 1 amide bonds. The Morgan fingerprint density at radius 2 is 2.50 bits per heavy atom. The Hall–Kier alpha value is -1.82. The number of aliphatic hydroxyl groups is 1. The number of imidazole rings is 1. The molecule has 1 fully saturated rings. The molecule has 1 aliphatic rings. The molecule has 1 saturated heterocycles. The maximum absolute atomic E-state index is 12.0. The minimum absolute atomic E-state index is 0.0142. The van der Waals surface area contributed by atoms with Crippen LogP contribution in [0.4, 0.5) is 4.79 Å². The number of carbonyl (C=O) groups is 1. The van der Waals surface area contributed by atoms with E-state index in [1.807, 2.05) is 10.8 Å². The quantitative estimate of drug-likeness (QED) is 0.831. The second-order valence-electron chi connectivity index (χ2n) is 5.16. The fourth-order valence-electron chi connectivity index (χ4n) is 2.60. The zero-order chi connectivity index (χ0) is 14.5. The van der Waals surface area contributed by atoms with Gasteiger partial charge in [-0.05, 0) is 19.8 Å². The Morgan fingerprint density at radius 1 is 1.70 bits per heavy atom. The lowest BCUT2D eigenvalue weighted by Crippen LogP contribution is -2.37. The van der Waals surface area contributed by atoms with Crippen molar-refractivity contribution in [3.8, 4) is 0 Å². The minimum atomic E-state index is -0.480. The lowest BCUT2D eigenvalue weighted by Gasteiger charge is -2.26. The molecule has 0 spiro atoms. The van der Waals surface area contributed by atoms with Crippen LogP contribution in [0.25, 0.3) is 0 Å². The molecule has 0 bridgehead atoms. The van der Waals surface area contributed by atoms with Crippen LogP contribution in [0.3, 0.4) is 0 Å². The van der Waals surface area contributed by atoms with Gasteiger partial charge in [-0.2, -0.15) is 0 Å². The number of amides is 1. The zero-order valence-electron chi connectivity index (χ0n) is 11.7. The van der Waals surface area contributed by atoms with Crippen LogP contribution < -0.4 is 0 Å². The third kappa shape index (κ3) is 3.39. The highest BCUT2D eigenvalue weighted by Gasteiger charge is 2.36. The third-order valence-corrected chi connectivity index (χ3v) is 3.60. The molecular weight excluding hydrogens is 258 g/mol. The molecule has 2 rings (SSSR count). The first kappa shape index (κ1) is 14.6. The number of rotatable bonds is 5. The highest BCUT2D eigenvalue weighted by Crippen LogP contribution is 2.26. The fraction of sp³-hybridized carbons (Fsp3) is 0.571. The molecule has 0 saturated carbocycles. The van der Waals surface area contributed by atoms with E-state index in [4.69, 9.17) is 4.74 Å². The molecule has 2 heterocycles. The van der Waals surface area contributed by atoms with Crippen LogP contribution in [0.5, 0.6) is 0 Å². The third-order valence-electron chi connectivity index (χ3n) is 3.60. The molecule has 2 unspecified atom stereocenters. The summed E-state index contributed by atoms with van der Waals surface area (Å²) in [5, 5.41) is 9.80. The van der Waals surface area contributed by atoms with Crippen molar-refractivity contribution in [3.05, 3.63) is 31.4 Å². The number of nitrogens with zero attached hydrogens (tertiary/aromatic N) is 3. The number of ether oxygens (including phenoxy) is 1. The Labute approximate surface area is 118 Å². The lowest BCUT2D eigenvalue weighted by atomic mass is 10.1. The molecule has 1 aliphatic heterocycles. The molecule has 110 valence electrons. The molecular formula is C14H21N3O3. The average Bonchev–Trinajstić information content (AvgIpc) is 3.05. The maximum atomic E-state index is 12.0. The Balaban J connectivity index is 1.97. The smallest absolute Gasteiger partial charge is 0.410 e. The van der Waals surface area contributed by atoms with Crippen molar-refractivity contribution in [2.45, 2.75) is 38.0 Å². The number of hydrogen-bond acceptors (Lipinski definition) is 4. The van der Waals surface area contributed by atoms with Gasteiger partial charge in [-0.3, -0.25) is 0 Å². The van der Waals surface area contributed by atoms with Crippen LogP contribution in [-0.4, -0.2) is 50.9 Å². The van der Waals surface area contributed by atoms with Gasteiger partial charge in [-0.1, -0.05) is 12.7 Å². The Bertz CT molecular complexity index is 447. The molecule has 6 heteroatoms. The molecule has 1 N–H and O–H groups in total. The molecule has 0 aliphatic carbocycles. The second-order valence-corrected chi connectivity index (χ2v) is 5.16. The van der Waals surface area contributed by atoms with Crippen LogP contribution in [0.1, 0.15) is 25.8 Å². The first-order chi connectivity index (χ1) is 9.61. The standard InChI is InChI=1S/C14H21N3O3/c1-3-6-20-14(19)17-9-13(18)8-12(17)7-11(2)16-5-4-15-10-16/h3-5,10-13,18H,1,6-9H2,2H3/t11-,12?,13?/m0/s1. The van der Waals surface area contributed by atoms with E-state index in [2.05, 4.69) is 18.5 Å². The van der Waals surface area contributed by atoms with E-state index in [1.165, 1.54) is 6.08 Å². The average molecular weight is 279 g/mol. The minimum Gasteiger partial charge on any atom is -0.445 e. The van der Waals surface area contributed by atoms with Crippen LogP contribution in [0, 0.1) is 0 Å². The number of carbonyl (C=O) groups excluding carboxylic acids is 1. The molecule has 6 nitrogen and oxygen atoms in total. The summed E-state index contributed by atoms with van der Waals surface area (Å²) in [6.07, 6.45) is 7.41. The number of likely N-dealkylation sites (tertiary alicyclic amines) is 1. The van der Waals surface area contributed by atoms with Crippen molar-refractivity contribution >= 4 is 6.09 Å². The van der Waals surface area contributed by atoms with Crippen LogP contribution >= 0.6 is 0 Å². The first-order valence-electron chi connectivity index (χ1n) is 6.81. The lowest BCUT2D eigenvalue weighted by molar-refractivity contribution is 0.0992. The van der Waals surface area contributed by atoms with Gasteiger partial charge in [0.25, 0.3) is 0 Å². The van der Waals surface area contributed by atoms with Gasteiger partial charge in [-0.25, -0.2) is 9.78 Å². The molecule has 1 aromatic rings. The summed E-state index contributed by atoms with van der Waals surface area (Å²) in [5.74, 6) is 0. The summed E-state index contributed by atoms with van der Waals surface area (Å²) >= 11 is 0. The number of β-amino-alcohol motifs (C(OH)–C–C–N with tert-alkyl or cyclic N) is 1. The highest BCUT2D eigenvalue weighted by atomic mass is 16.6. The van der Waals surface area contributed by atoms with Gasteiger partial charge < -0.3 is 19.3 Å². The van der Waals surface area contributed by atoms with Crippen molar-refractivity contribution in [1.29, 1.82) is 0 Å². The molecule has 0 aromatic carbocycles. The largest absolute Gasteiger partial charge is 0.445 e. The summed E-state index contributed by atoms with van der Waals surface area (Å²) < 4.78 is 7.06. The summed E-state index contributed by atoms with van der Waals surface area (Å²) in [7, 11) is 0. The van der Waals surface area contributed by atoms with Crippen molar-refractivity contribution in [2.75, 3.05) is 13.2 Å². The topological polar surface area (TPSA) is 67.6 Å². The SMILES string of the molecule is C=CCOC(=O)N1CC(O)CC1C[C@H](C)n1ccnc1. The van der Waals surface area contributed by atoms with Crippen molar-refractivity contribution < 1.29 is 14.6 Å². The first-order valence-corrected chi connectivity index (χ1v) is 6.81. The summed E-state index contributed by atoms with van der Waals surface area (Å²) in [6.45, 7) is 6.11. The van der Waals surface area contributed by atoms with Crippen molar-refractivity contribution in [2.24, 2.45) is 0 Å². The van der Waals surface area contributed by atoms with E-state index < -0.39 is 6.10 Å². The van der Waals surface area contributed by atoms with Gasteiger partial charge in [0.15, 0.2) is 0 Å². The highest BCUT2D eigenvalue weighted by molar-refractivity contribution is 5.68.